The summed E-state index contributed by atoms with van der Waals surface area (Å²) in [6, 6.07) is 12.1. The van der Waals surface area contributed by atoms with E-state index in [1.807, 2.05) is 13.0 Å². The Bertz CT molecular complexity index is 1060. The number of carbonyl (C=O) groups is 2. The summed E-state index contributed by atoms with van der Waals surface area (Å²) in [7, 11) is 1.55. The topological polar surface area (TPSA) is 102 Å². The van der Waals surface area contributed by atoms with E-state index < -0.39 is 11.8 Å². The van der Waals surface area contributed by atoms with Crippen molar-refractivity contribution in [2.24, 2.45) is 0 Å². The lowest BCUT2D eigenvalue weighted by molar-refractivity contribution is 0.0948. The van der Waals surface area contributed by atoms with Crippen molar-refractivity contribution in [3.63, 3.8) is 0 Å². The van der Waals surface area contributed by atoms with Gasteiger partial charge in [-0.05, 0) is 42.8 Å². The number of hydrogen-bond donors (Lipinski definition) is 2. The van der Waals surface area contributed by atoms with Crippen LogP contribution in [0.4, 0.5) is 5.69 Å². The van der Waals surface area contributed by atoms with Gasteiger partial charge < -0.3 is 20.1 Å². The minimum absolute atomic E-state index is 0.0721. The minimum atomic E-state index is -0.468. The van der Waals surface area contributed by atoms with E-state index in [0.29, 0.717) is 28.8 Å². The molecule has 1 heterocycles. The second-order valence-electron chi connectivity index (χ2n) is 5.98. The highest BCUT2D eigenvalue weighted by molar-refractivity contribution is 7.15. The highest BCUT2D eigenvalue weighted by Crippen LogP contribution is 2.28. The molecule has 0 saturated heterocycles. The van der Waals surface area contributed by atoms with E-state index in [4.69, 9.17) is 21.1 Å². The van der Waals surface area contributed by atoms with Crippen LogP contribution in [0.2, 0.25) is 5.02 Å². The van der Waals surface area contributed by atoms with Crippen LogP contribution in [0.25, 0.3) is 0 Å². The maximum atomic E-state index is 12.4. The molecule has 2 amide bonds. The van der Waals surface area contributed by atoms with Crippen molar-refractivity contribution in [2.45, 2.75) is 13.5 Å². The molecule has 0 aliphatic heterocycles. The molecule has 0 bridgehead atoms. The number of benzene rings is 2. The van der Waals surface area contributed by atoms with Gasteiger partial charge in [-0.15, -0.1) is 10.2 Å². The Morgan fingerprint density at radius 1 is 1.07 bits per heavy atom. The molecule has 30 heavy (non-hydrogen) atoms. The zero-order chi connectivity index (χ0) is 21.5. The van der Waals surface area contributed by atoms with Gasteiger partial charge in [0.25, 0.3) is 11.8 Å². The SMILES string of the molecule is CCOc1ccc(CNC(=O)c2nnc(C(=O)Nc3cccc(Cl)c3)s2)cc1OC. The molecule has 0 saturated carbocycles. The van der Waals surface area contributed by atoms with Crippen molar-refractivity contribution in [3.05, 3.63) is 63.1 Å². The molecular weight excluding hydrogens is 428 g/mol. The van der Waals surface area contributed by atoms with Crippen molar-refractivity contribution >= 4 is 40.4 Å². The summed E-state index contributed by atoms with van der Waals surface area (Å²) in [6.45, 7) is 2.67. The number of methoxy groups -OCH3 is 1. The average molecular weight is 447 g/mol. The van der Waals surface area contributed by atoms with E-state index in [2.05, 4.69) is 20.8 Å². The number of rotatable bonds is 8. The number of aromatic nitrogens is 2. The highest BCUT2D eigenvalue weighted by Gasteiger charge is 2.18. The number of carbonyl (C=O) groups excluding carboxylic acids is 2. The lowest BCUT2D eigenvalue weighted by Crippen LogP contribution is -2.22. The fourth-order valence-electron chi connectivity index (χ4n) is 2.51. The largest absolute Gasteiger partial charge is 0.493 e. The Morgan fingerprint density at radius 2 is 1.83 bits per heavy atom. The van der Waals surface area contributed by atoms with Gasteiger partial charge in [0.1, 0.15) is 0 Å². The van der Waals surface area contributed by atoms with Crippen molar-refractivity contribution in [1.29, 1.82) is 0 Å². The molecule has 8 nitrogen and oxygen atoms in total. The molecule has 0 aliphatic rings. The molecule has 1 aromatic heterocycles. The van der Waals surface area contributed by atoms with Crippen molar-refractivity contribution in [3.8, 4) is 11.5 Å². The summed E-state index contributed by atoms with van der Waals surface area (Å²) in [6.07, 6.45) is 0. The molecule has 2 aromatic carbocycles. The number of nitrogens with one attached hydrogen (secondary N) is 2. The first kappa shape index (κ1) is 21.5. The predicted octanol–water partition coefficient (Wildman–Crippen LogP) is 3.78. The van der Waals surface area contributed by atoms with Crippen LogP contribution in [-0.4, -0.2) is 35.7 Å². The third kappa shape index (κ3) is 5.46. The number of amides is 2. The van der Waals surface area contributed by atoms with Gasteiger partial charge in [0.2, 0.25) is 10.0 Å². The second kappa shape index (κ2) is 10.0. The molecule has 0 unspecified atom stereocenters. The smallest absolute Gasteiger partial charge is 0.286 e. The second-order valence-corrected chi connectivity index (χ2v) is 7.39. The van der Waals surface area contributed by atoms with Crippen LogP contribution in [0.3, 0.4) is 0 Å². The van der Waals surface area contributed by atoms with E-state index >= 15 is 0 Å². The third-order valence-corrected chi connectivity index (χ3v) is 5.03. The average Bonchev–Trinajstić information content (AvgIpc) is 3.23. The van der Waals surface area contributed by atoms with Crippen LogP contribution >= 0.6 is 22.9 Å². The fraction of sp³-hybridized carbons (Fsp3) is 0.200. The Hall–Kier alpha value is -3.17. The van der Waals surface area contributed by atoms with Crippen molar-refractivity contribution < 1.29 is 19.1 Å². The first-order valence-electron chi connectivity index (χ1n) is 8.98. The number of hydrogen-bond acceptors (Lipinski definition) is 7. The molecule has 0 fully saturated rings. The lowest BCUT2D eigenvalue weighted by Gasteiger charge is -2.11. The van der Waals surface area contributed by atoms with E-state index in [1.54, 1.807) is 43.5 Å². The molecule has 3 rings (SSSR count). The first-order valence-corrected chi connectivity index (χ1v) is 10.2. The van der Waals surface area contributed by atoms with Gasteiger partial charge in [0.15, 0.2) is 11.5 Å². The van der Waals surface area contributed by atoms with Gasteiger partial charge in [0.05, 0.1) is 13.7 Å². The Balaban J connectivity index is 1.60. The monoisotopic (exact) mass is 446 g/mol. The Morgan fingerprint density at radius 3 is 2.53 bits per heavy atom. The highest BCUT2D eigenvalue weighted by atomic mass is 35.5. The maximum absolute atomic E-state index is 12.4. The van der Waals surface area contributed by atoms with Gasteiger partial charge in [-0.3, -0.25) is 9.59 Å². The molecule has 0 spiro atoms. The number of nitrogens with zero attached hydrogens (tertiary/aromatic N) is 2. The molecule has 156 valence electrons. The normalized spacial score (nSPS) is 10.4. The van der Waals surface area contributed by atoms with Crippen molar-refractivity contribution in [1.82, 2.24) is 15.5 Å². The summed E-state index contributed by atoms with van der Waals surface area (Å²) in [5, 5.41) is 13.7. The van der Waals surface area contributed by atoms with E-state index in [0.717, 1.165) is 16.9 Å². The molecule has 2 N–H and O–H groups in total. The molecule has 0 radical (unpaired) electrons. The molecule has 0 aliphatic carbocycles. The molecular formula is C20H19ClN4O4S. The number of ether oxygens (including phenoxy) is 2. The van der Waals surface area contributed by atoms with Crippen LogP contribution in [-0.2, 0) is 6.54 Å². The maximum Gasteiger partial charge on any atom is 0.286 e. The van der Waals surface area contributed by atoms with Crippen LogP contribution < -0.4 is 20.1 Å². The van der Waals surface area contributed by atoms with E-state index in [-0.39, 0.29) is 16.6 Å². The number of halogens is 1. The predicted molar refractivity (Wildman–Crippen MR) is 115 cm³/mol. The third-order valence-electron chi connectivity index (χ3n) is 3.88. The standard InChI is InChI=1S/C20H19ClN4O4S/c1-3-29-15-8-7-12(9-16(15)28-2)11-22-17(26)19-24-25-20(30-19)18(27)23-14-6-4-5-13(21)10-14/h4-10H,3,11H2,1-2H3,(H,22,26)(H,23,27). The summed E-state index contributed by atoms with van der Waals surface area (Å²) >= 11 is 6.80. The van der Waals surface area contributed by atoms with Gasteiger partial charge in [-0.25, -0.2) is 0 Å². The van der Waals surface area contributed by atoms with Crippen LogP contribution in [0, 0.1) is 0 Å². The fourth-order valence-corrected chi connectivity index (χ4v) is 3.36. The zero-order valence-electron chi connectivity index (χ0n) is 16.3. The molecule has 0 atom stereocenters. The van der Waals surface area contributed by atoms with E-state index in [9.17, 15) is 9.59 Å². The van der Waals surface area contributed by atoms with Crippen LogP contribution in [0.5, 0.6) is 11.5 Å². The summed E-state index contributed by atoms with van der Waals surface area (Å²) in [4.78, 5) is 24.7. The van der Waals surface area contributed by atoms with Gasteiger partial charge >= 0.3 is 0 Å². The van der Waals surface area contributed by atoms with E-state index in [1.165, 1.54) is 0 Å². The summed E-state index contributed by atoms with van der Waals surface area (Å²) in [5.41, 5.74) is 1.35. The Kier molecular flexibility index (Phi) is 7.21. The Labute approximate surface area is 182 Å². The zero-order valence-corrected chi connectivity index (χ0v) is 17.8. The lowest BCUT2D eigenvalue weighted by atomic mass is 10.2. The van der Waals surface area contributed by atoms with Gasteiger partial charge in [-0.2, -0.15) is 0 Å². The number of anilines is 1. The van der Waals surface area contributed by atoms with Gasteiger partial charge in [0, 0.05) is 17.3 Å². The quantitative estimate of drug-likeness (QED) is 0.546. The first-order chi connectivity index (χ1) is 14.5. The minimum Gasteiger partial charge on any atom is -0.493 e. The summed E-state index contributed by atoms with van der Waals surface area (Å²) in [5.74, 6) is 0.321. The summed E-state index contributed by atoms with van der Waals surface area (Å²) < 4.78 is 10.8. The van der Waals surface area contributed by atoms with Crippen molar-refractivity contribution in [2.75, 3.05) is 19.0 Å². The van der Waals surface area contributed by atoms with Gasteiger partial charge in [-0.1, -0.05) is 35.1 Å². The molecule has 3 aromatic rings. The van der Waals surface area contributed by atoms with Crippen LogP contribution in [0.1, 0.15) is 32.1 Å². The molecule has 10 heteroatoms. The van der Waals surface area contributed by atoms with Crippen LogP contribution in [0.15, 0.2) is 42.5 Å².